The number of thiophene rings is 1. The summed E-state index contributed by atoms with van der Waals surface area (Å²) >= 11 is 1.42. The van der Waals surface area contributed by atoms with Crippen LogP contribution in [0.3, 0.4) is 0 Å². The maximum atomic E-state index is 12.3. The van der Waals surface area contributed by atoms with Crippen LogP contribution in [0.2, 0.25) is 0 Å². The highest BCUT2D eigenvalue weighted by atomic mass is 32.2. The number of sulfonamides is 1. The van der Waals surface area contributed by atoms with Crippen LogP contribution in [0.1, 0.15) is 28.9 Å². The zero-order valence-corrected chi connectivity index (χ0v) is 15.7. The summed E-state index contributed by atoms with van der Waals surface area (Å²) in [6, 6.07) is 3.58. The molecule has 1 amide bonds. The molecule has 2 aliphatic rings. The van der Waals surface area contributed by atoms with Crippen LogP contribution in [-0.2, 0) is 10.0 Å². The third kappa shape index (κ3) is 4.17. The monoisotopic (exact) mass is 371 g/mol. The van der Waals surface area contributed by atoms with Gasteiger partial charge in [0.1, 0.15) is 0 Å². The maximum absolute atomic E-state index is 12.3. The van der Waals surface area contributed by atoms with Gasteiger partial charge in [0.05, 0.1) is 17.2 Å². The zero-order valence-electron chi connectivity index (χ0n) is 14.1. The Hall–Kier alpha value is -0.960. The molecule has 0 atom stereocenters. The Morgan fingerprint density at radius 3 is 2.58 bits per heavy atom. The molecule has 2 saturated heterocycles. The molecule has 0 radical (unpaired) electrons. The van der Waals surface area contributed by atoms with Crippen LogP contribution in [0.5, 0.6) is 0 Å². The number of amides is 1. The molecule has 0 N–H and O–H groups in total. The summed E-state index contributed by atoms with van der Waals surface area (Å²) in [5, 5.41) is 1.88. The van der Waals surface area contributed by atoms with Gasteiger partial charge in [0.2, 0.25) is 10.0 Å². The molecule has 24 heavy (non-hydrogen) atoms. The van der Waals surface area contributed by atoms with Crippen molar-refractivity contribution < 1.29 is 13.2 Å². The van der Waals surface area contributed by atoms with Gasteiger partial charge < -0.3 is 9.80 Å². The van der Waals surface area contributed by atoms with Crippen molar-refractivity contribution in [1.82, 2.24) is 14.1 Å². The first kappa shape index (κ1) is 17.8. The molecule has 0 aromatic carbocycles. The van der Waals surface area contributed by atoms with Gasteiger partial charge in [-0.3, -0.25) is 4.79 Å². The van der Waals surface area contributed by atoms with Crippen molar-refractivity contribution in [3.63, 3.8) is 0 Å². The van der Waals surface area contributed by atoms with Crippen molar-refractivity contribution >= 4 is 27.3 Å². The molecule has 134 valence electrons. The lowest BCUT2D eigenvalue weighted by molar-refractivity contribution is 0.0442. The molecular formula is C16H25N3O3S2. The molecule has 0 spiro atoms. The second kappa shape index (κ2) is 7.51. The smallest absolute Gasteiger partial charge is 0.264 e. The van der Waals surface area contributed by atoms with E-state index in [1.54, 1.807) is 9.21 Å². The second-order valence-electron chi connectivity index (χ2n) is 6.62. The fourth-order valence-corrected chi connectivity index (χ4v) is 5.18. The van der Waals surface area contributed by atoms with Crippen molar-refractivity contribution in [2.75, 3.05) is 45.5 Å². The van der Waals surface area contributed by atoms with Crippen molar-refractivity contribution in [2.24, 2.45) is 0 Å². The molecule has 3 heterocycles. The van der Waals surface area contributed by atoms with Crippen molar-refractivity contribution in [3.8, 4) is 0 Å². The lowest BCUT2D eigenvalue weighted by atomic mass is 10.1. The lowest BCUT2D eigenvalue weighted by Crippen LogP contribution is -2.62. The third-order valence-corrected chi connectivity index (χ3v) is 6.99. The van der Waals surface area contributed by atoms with E-state index in [2.05, 4.69) is 4.90 Å². The zero-order chi connectivity index (χ0) is 17.2. The minimum absolute atomic E-state index is 0.00531. The quantitative estimate of drug-likeness (QED) is 0.757. The topological polar surface area (TPSA) is 60.9 Å². The summed E-state index contributed by atoms with van der Waals surface area (Å²) in [7, 11) is -3.26. The Kier molecular flexibility index (Phi) is 5.59. The Bertz CT molecular complexity index is 648. The SMILES string of the molecule is CS(=O)(=O)N(CCN1CCCCC1)C1CN(C(=O)c2cccs2)C1. The average molecular weight is 372 g/mol. The standard InChI is InChI=1S/C16H25N3O3S2/c1-24(21,22)19(10-9-17-7-3-2-4-8-17)14-12-18(13-14)16(20)15-6-5-11-23-15/h5-6,11,14H,2-4,7-10,12-13H2,1H3. The molecule has 0 saturated carbocycles. The van der Waals surface area contributed by atoms with Crippen LogP contribution in [0, 0.1) is 0 Å². The highest BCUT2D eigenvalue weighted by molar-refractivity contribution is 7.88. The number of nitrogens with zero attached hydrogens (tertiary/aromatic N) is 3. The van der Waals surface area contributed by atoms with Gasteiger partial charge in [-0.05, 0) is 37.4 Å². The van der Waals surface area contributed by atoms with Gasteiger partial charge in [-0.2, -0.15) is 4.31 Å². The van der Waals surface area contributed by atoms with E-state index in [1.807, 2.05) is 17.5 Å². The van der Waals surface area contributed by atoms with Gasteiger partial charge in [-0.1, -0.05) is 12.5 Å². The van der Waals surface area contributed by atoms with E-state index in [0.29, 0.717) is 24.5 Å². The van der Waals surface area contributed by atoms with E-state index in [1.165, 1.54) is 36.9 Å². The van der Waals surface area contributed by atoms with Gasteiger partial charge in [-0.25, -0.2) is 8.42 Å². The van der Waals surface area contributed by atoms with Crippen LogP contribution in [0.4, 0.5) is 0 Å². The van der Waals surface area contributed by atoms with Crippen LogP contribution in [0.25, 0.3) is 0 Å². The van der Waals surface area contributed by atoms with E-state index < -0.39 is 10.0 Å². The Morgan fingerprint density at radius 1 is 1.29 bits per heavy atom. The molecule has 1 aromatic rings. The Labute approximate surface area is 148 Å². The predicted molar refractivity (Wildman–Crippen MR) is 95.9 cm³/mol. The van der Waals surface area contributed by atoms with Crippen LogP contribution in [0.15, 0.2) is 17.5 Å². The fraction of sp³-hybridized carbons (Fsp3) is 0.688. The first-order valence-electron chi connectivity index (χ1n) is 8.47. The largest absolute Gasteiger partial charge is 0.335 e. The molecule has 0 bridgehead atoms. The molecule has 6 nitrogen and oxygen atoms in total. The van der Waals surface area contributed by atoms with Gasteiger partial charge in [0.15, 0.2) is 0 Å². The summed E-state index contributed by atoms with van der Waals surface area (Å²) in [6.07, 6.45) is 4.94. The third-order valence-electron chi connectivity index (χ3n) is 4.80. The summed E-state index contributed by atoms with van der Waals surface area (Å²) in [5.74, 6) is 0.00531. The number of rotatable bonds is 6. The molecule has 2 fully saturated rings. The molecule has 2 aliphatic heterocycles. The Morgan fingerprint density at radius 2 is 2.00 bits per heavy atom. The molecular weight excluding hydrogens is 346 g/mol. The number of hydrogen-bond acceptors (Lipinski definition) is 5. The average Bonchev–Trinajstić information content (AvgIpc) is 3.03. The first-order chi connectivity index (χ1) is 11.4. The van der Waals surface area contributed by atoms with Crippen molar-refractivity contribution in [1.29, 1.82) is 0 Å². The minimum atomic E-state index is -3.26. The van der Waals surface area contributed by atoms with E-state index in [4.69, 9.17) is 0 Å². The lowest BCUT2D eigenvalue weighted by Gasteiger charge is -2.44. The van der Waals surface area contributed by atoms with Crippen LogP contribution in [-0.4, -0.2) is 80.0 Å². The summed E-state index contributed by atoms with van der Waals surface area (Å²) < 4.78 is 25.9. The number of likely N-dealkylation sites (tertiary alicyclic amines) is 2. The number of piperidine rings is 1. The molecule has 8 heteroatoms. The summed E-state index contributed by atoms with van der Waals surface area (Å²) in [4.78, 5) is 17.1. The van der Waals surface area contributed by atoms with E-state index in [0.717, 1.165) is 19.6 Å². The predicted octanol–water partition coefficient (Wildman–Crippen LogP) is 1.32. The molecule has 1 aromatic heterocycles. The van der Waals surface area contributed by atoms with Crippen molar-refractivity contribution in [3.05, 3.63) is 22.4 Å². The first-order valence-corrected chi connectivity index (χ1v) is 11.2. The van der Waals surface area contributed by atoms with Crippen molar-refractivity contribution in [2.45, 2.75) is 25.3 Å². The van der Waals surface area contributed by atoms with Gasteiger partial charge in [-0.15, -0.1) is 11.3 Å². The molecule has 3 rings (SSSR count). The fourth-order valence-electron chi connectivity index (χ4n) is 3.40. The van der Waals surface area contributed by atoms with Gasteiger partial charge in [0.25, 0.3) is 5.91 Å². The summed E-state index contributed by atoms with van der Waals surface area (Å²) in [6.45, 7) is 4.40. The second-order valence-corrected chi connectivity index (χ2v) is 9.50. The maximum Gasteiger partial charge on any atom is 0.264 e. The highest BCUT2D eigenvalue weighted by Crippen LogP contribution is 2.22. The van der Waals surface area contributed by atoms with Crippen LogP contribution < -0.4 is 0 Å². The minimum Gasteiger partial charge on any atom is -0.335 e. The van der Waals surface area contributed by atoms with Gasteiger partial charge in [0, 0.05) is 26.2 Å². The van der Waals surface area contributed by atoms with Gasteiger partial charge >= 0.3 is 0 Å². The van der Waals surface area contributed by atoms with E-state index >= 15 is 0 Å². The van der Waals surface area contributed by atoms with E-state index in [9.17, 15) is 13.2 Å². The number of carbonyl (C=O) groups excluding carboxylic acids is 1. The normalized spacial score (nSPS) is 20.3. The summed E-state index contributed by atoms with van der Waals surface area (Å²) in [5.41, 5.74) is 0. The van der Waals surface area contributed by atoms with Crippen LogP contribution >= 0.6 is 11.3 Å². The number of hydrogen-bond donors (Lipinski definition) is 0. The van der Waals surface area contributed by atoms with E-state index in [-0.39, 0.29) is 11.9 Å². The number of carbonyl (C=O) groups is 1. The molecule has 0 unspecified atom stereocenters. The Balaban J connectivity index is 1.55. The molecule has 0 aliphatic carbocycles. The highest BCUT2D eigenvalue weighted by Gasteiger charge is 2.39.